The molecule has 0 bridgehead atoms. The summed E-state index contributed by atoms with van der Waals surface area (Å²) in [7, 11) is 0. The average Bonchev–Trinajstić information content (AvgIpc) is 3.22. The highest BCUT2D eigenvalue weighted by Crippen LogP contribution is 2.22. The molecule has 0 aliphatic carbocycles. The van der Waals surface area contributed by atoms with Crippen LogP contribution in [0.15, 0.2) is 60.9 Å². The van der Waals surface area contributed by atoms with Crippen LogP contribution < -0.4 is 10.6 Å². The van der Waals surface area contributed by atoms with Gasteiger partial charge in [-0.2, -0.15) is 5.10 Å². The minimum Gasteiger partial charge on any atom is -0.354 e. The molecule has 0 unspecified atom stereocenters. The number of aromatic nitrogens is 2. The van der Waals surface area contributed by atoms with E-state index in [2.05, 4.69) is 15.7 Å². The molecule has 0 aliphatic heterocycles. The van der Waals surface area contributed by atoms with Crippen LogP contribution in [0.4, 0.5) is 0 Å². The largest absolute Gasteiger partial charge is 0.354 e. The molecule has 2 amide bonds. The topological polar surface area (TPSA) is 76.0 Å². The molecule has 3 aromatic rings. The Kier molecular flexibility index (Phi) is 6.68. The molecule has 3 rings (SSSR count). The van der Waals surface area contributed by atoms with Gasteiger partial charge < -0.3 is 10.6 Å². The fourth-order valence-corrected chi connectivity index (χ4v) is 2.85. The molecule has 0 atom stereocenters. The molecule has 144 valence electrons. The molecule has 0 fully saturated rings. The van der Waals surface area contributed by atoms with Gasteiger partial charge in [0.1, 0.15) is 0 Å². The van der Waals surface area contributed by atoms with Crippen LogP contribution in [-0.4, -0.2) is 34.7 Å². The van der Waals surface area contributed by atoms with Crippen LogP contribution >= 0.6 is 23.2 Å². The fraction of sp³-hybridized carbons (Fsp3) is 0.150. The van der Waals surface area contributed by atoms with Gasteiger partial charge in [0.15, 0.2) is 0 Å². The third-order valence-corrected chi connectivity index (χ3v) is 4.72. The summed E-state index contributed by atoms with van der Waals surface area (Å²) in [5.41, 5.74) is 2.24. The van der Waals surface area contributed by atoms with Crippen LogP contribution in [0, 0.1) is 0 Å². The Hall–Kier alpha value is -2.83. The van der Waals surface area contributed by atoms with Crippen LogP contribution in [-0.2, 0) is 11.2 Å². The van der Waals surface area contributed by atoms with E-state index >= 15 is 0 Å². The molecule has 1 aromatic heterocycles. The molecule has 0 saturated carbocycles. The van der Waals surface area contributed by atoms with Crippen LogP contribution in [0.2, 0.25) is 10.0 Å². The summed E-state index contributed by atoms with van der Waals surface area (Å²) in [6.45, 7) is 0.639. The fourth-order valence-electron chi connectivity index (χ4n) is 2.55. The van der Waals surface area contributed by atoms with Crippen LogP contribution in [0.1, 0.15) is 15.9 Å². The van der Waals surface area contributed by atoms with E-state index in [9.17, 15) is 9.59 Å². The second kappa shape index (κ2) is 9.39. The van der Waals surface area contributed by atoms with Gasteiger partial charge in [-0.15, -0.1) is 0 Å². The van der Waals surface area contributed by atoms with E-state index in [0.717, 1.165) is 11.3 Å². The first-order chi connectivity index (χ1) is 13.5. The van der Waals surface area contributed by atoms with E-state index in [1.165, 1.54) is 6.07 Å². The molecule has 0 spiro atoms. The second-order valence-electron chi connectivity index (χ2n) is 6.03. The van der Waals surface area contributed by atoms with Gasteiger partial charge in [-0.3, -0.25) is 9.59 Å². The van der Waals surface area contributed by atoms with Crippen molar-refractivity contribution in [3.8, 4) is 5.69 Å². The van der Waals surface area contributed by atoms with Crippen molar-refractivity contribution in [3.63, 3.8) is 0 Å². The number of nitrogens with zero attached hydrogens (tertiary/aromatic N) is 2. The van der Waals surface area contributed by atoms with E-state index < -0.39 is 0 Å². The predicted molar refractivity (Wildman–Crippen MR) is 109 cm³/mol. The zero-order valence-corrected chi connectivity index (χ0v) is 16.4. The van der Waals surface area contributed by atoms with Crippen molar-refractivity contribution in [3.05, 3.63) is 82.1 Å². The van der Waals surface area contributed by atoms with Crippen LogP contribution in [0.25, 0.3) is 5.69 Å². The normalized spacial score (nSPS) is 10.5. The van der Waals surface area contributed by atoms with E-state index in [4.69, 9.17) is 23.2 Å². The third-order valence-electron chi connectivity index (χ3n) is 3.98. The monoisotopic (exact) mass is 416 g/mol. The Morgan fingerprint density at radius 3 is 2.39 bits per heavy atom. The number of halogens is 2. The van der Waals surface area contributed by atoms with Gasteiger partial charge in [-0.1, -0.05) is 35.3 Å². The van der Waals surface area contributed by atoms with E-state index in [1.807, 2.05) is 36.5 Å². The second-order valence-corrected chi connectivity index (χ2v) is 6.84. The van der Waals surface area contributed by atoms with Crippen molar-refractivity contribution in [2.24, 2.45) is 0 Å². The maximum Gasteiger partial charge on any atom is 0.251 e. The average molecular weight is 417 g/mol. The Morgan fingerprint density at radius 1 is 0.964 bits per heavy atom. The highest BCUT2D eigenvalue weighted by molar-refractivity contribution is 6.42. The first-order valence-electron chi connectivity index (χ1n) is 8.62. The first kappa shape index (κ1) is 19.9. The molecule has 2 aromatic carbocycles. The maximum atomic E-state index is 12.0. The summed E-state index contributed by atoms with van der Waals surface area (Å²) in [5, 5.41) is 10.4. The molecular formula is C20H18Cl2N4O2. The highest BCUT2D eigenvalue weighted by Gasteiger charge is 2.08. The summed E-state index contributed by atoms with van der Waals surface area (Å²) in [6.07, 6.45) is 3.83. The lowest BCUT2D eigenvalue weighted by molar-refractivity contribution is -0.120. The van der Waals surface area contributed by atoms with Crippen molar-refractivity contribution in [2.45, 2.75) is 6.42 Å². The molecule has 1 heterocycles. The molecule has 0 aliphatic rings. The molecule has 0 saturated heterocycles. The lowest BCUT2D eigenvalue weighted by Crippen LogP contribution is -2.35. The number of benzene rings is 2. The summed E-state index contributed by atoms with van der Waals surface area (Å²) < 4.78 is 1.75. The van der Waals surface area contributed by atoms with Gasteiger partial charge >= 0.3 is 0 Å². The Balaban J connectivity index is 1.40. The van der Waals surface area contributed by atoms with Gasteiger partial charge in [0.05, 0.1) is 22.2 Å². The summed E-state index contributed by atoms with van der Waals surface area (Å²) in [6, 6.07) is 14.1. The van der Waals surface area contributed by atoms with Crippen molar-refractivity contribution in [1.29, 1.82) is 0 Å². The quantitative estimate of drug-likeness (QED) is 0.580. The molecule has 2 N–H and O–H groups in total. The number of carbonyl (C=O) groups excluding carboxylic acids is 2. The molecular weight excluding hydrogens is 399 g/mol. The van der Waals surface area contributed by atoms with Gasteiger partial charge in [0.25, 0.3) is 5.91 Å². The van der Waals surface area contributed by atoms with Crippen LogP contribution in [0.3, 0.4) is 0 Å². The summed E-state index contributed by atoms with van der Waals surface area (Å²) >= 11 is 11.7. The van der Waals surface area contributed by atoms with Gasteiger partial charge in [0.2, 0.25) is 5.91 Å². The Labute approximate surface area is 172 Å². The van der Waals surface area contributed by atoms with E-state index in [-0.39, 0.29) is 18.2 Å². The number of hydrogen-bond acceptors (Lipinski definition) is 3. The van der Waals surface area contributed by atoms with Crippen molar-refractivity contribution in [2.75, 3.05) is 13.1 Å². The third kappa shape index (κ3) is 5.34. The van der Waals surface area contributed by atoms with Gasteiger partial charge in [-0.05, 0) is 42.0 Å². The zero-order chi connectivity index (χ0) is 19.9. The van der Waals surface area contributed by atoms with Crippen molar-refractivity contribution < 1.29 is 9.59 Å². The summed E-state index contributed by atoms with van der Waals surface area (Å²) in [4.78, 5) is 24.1. The van der Waals surface area contributed by atoms with Crippen LogP contribution in [0.5, 0.6) is 0 Å². The number of rotatable bonds is 7. The van der Waals surface area contributed by atoms with E-state index in [1.54, 1.807) is 23.0 Å². The SMILES string of the molecule is O=C(Cc1ccc(-n2cccn2)cc1)NCCNC(=O)c1ccc(Cl)c(Cl)c1. The zero-order valence-electron chi connectivity index (χ0n) is 14.9. The molecule has 28 heavy (non-hydrogen) atoms. The molecule has 6 nitrogen and oxygen atoms in total. The molecule has 8 heteroatoms. The standard InChI is InChI=1S/C20H18Cl2N4O2/c21-17-7-4-15(13-18(17)22)20(28)24-10-9-23-19(27)12-14-2-5-16(6-3-14)26-11-1-8-25-26/h1-8,11,13H,9-10,12H2,(H,23,27)(H,24,28). The predicted octanol–water partition coefficient (Wildman–Crippen LogP) is 3.27. The minimum atomic E-state index is -0.276. The smallest absolute Gasteiger partial charge is 0.251 e. The number of hydrogen-bond donors (Lipinski definition) is 2. The number of amides is 2. The number of nitrogens with one attached hydrogen (secondary N) is 2. The Bertz CT molecular complexity index is 957. The van der Waals surface area contributed by atoms with Crippen molar-refractivity contribution >= 4 is 35.0 Å². The summed E-state index contributed by atoms with van der Waals surface area (Å²) in [5.74, 6) is -0.391. The number of carbonyl (C=O) groups is 2. The lowest BCUT2D eigenvalue weighted by atomic mass is 10.1. The maximum absolute atomic E-state index is 12.0. The molecule has 0 radical (unpaired) electrons. The highest BCUT2D eigenvalue weighted by atomic mass is 35.5. The van der Waals surface area contributed by atoms with Gasteiger partial charge in [0, 0.05) is 31.0 Å². The van der Waals surface area contributed by atoms with Crippen molar-refractivity contribution in [1.82, 2.24) is 20.4 Å². The minimum absolute atomic E-state index is 0.115. The van der Waals surface area contributed by atoms with Gasteiger partial charge in [-0.25, -0.2) is 4.68 Å². The lowest BCUT2D eigenvalue weighted by Gasteiger charge is -2.08. The Morgan fingerprint density at radius 2 is 1.71 bits per heavy atom. The van der Waals surface area contributed by atoms with E-state index in [0.29, 0.717) is 28.7 Å². The first-order valence-corrected chi connectivity index (χ1v) is 9.37.